The first-order valence-corrected chi connectivity index (χ1v) is 10.6. The van der Waals surface area contributed by atoms with E-state index in [-0.39, 0.29) is 12.1 Å². The molecule has 1 saturated carbocycles. The van der Waals surface area contributed by atoms with Gasteiger partial charge in [0.15, 0.2) is 0 Å². The Hall–Kier alpha value is -3.40. The second-order valence-corrected chi connectivity index (χ2v) is 7.83. The first-order valence-electron chi connectivity index (χ1n) is 10.6. The fourth-order valence-electron chi connectivity index (χ4n) is 4.09. The summed E-state index contributed by atoms with van der Waals surface area (Å²) in [6, 6.07) is 25.0. The van der Waals surface area contributed by atoms with Crippen molar-refractivity contribution in [1.82, 2.24) is 9.97 Å². The van der Waals surface area contributed by atoms with Crippen LogP contribution in [0.5, 0.6) is 0 Å². The summed E-state index contributed by atoms with van der Waals surface area (Å²) in [5.41, 5.74) is 3.81. The number of nitrogens with zero attached hydrogens (tertiary/aromatic N) is 4. The van der Waals surface area contributed by atoms with E-state index in [4.69, 9.17) is 20.0 Å². The van der Waals surface area contributed by atoms with Crippen molar-refractivity contribution >= 4 is 34.2 Å². The van der Waals surface area contributed by atoms with Crippen LogP contribution in [0.1, 0.15) is 37.1 Å². The predicted octanol–water partition coefficient (Wildman–Crippen LogP) is 5.63. The molecule has 0 aliphatic heterocycles. The lowest BCUT2D eigenvalue weighted by molar-refractivity contribution is 0.390. The Morgan fingerprint density at radius 2 is 1.07 bits per heavy atom. The first kappa shape index (κ1) is 18.6. The zero-order valence-electron chi connectivity index (χ0n) is 16.9. The van der Waals surface area contributed by atoms with E-state index in [1.54, 1.807) is 0 Å². The molecule has 4 heteroatoms. The highest BCUT2D eigenvalue weighted by molar-refractivity contribution is 5.86. The highest BCUT2D eigenvalue weighted by Crippen LogP contribution is 2.24. The van der Waals surface area contributed by atoms with Crippen molar-refractivity contribution in [3.63, 3.8) is 0 Å². The van der Waals surface area contributed by atoms with Crippen molar-refractivity contribution in [3.8, 4) is 0 Å². The smallest absolute Gasteiger partial charge is 0.0815 e. The number of hydrogen-bond donors (Lipinski definition) is 0. The summed E-state index contributed by atoms with van der Waals surface area (Å²) >= 11 is 0. The van der Waals surface area contributed by atoms with Gasteiger partial charge in [-0.1, -0.05) is 61.4 Å². The summed E-state index contributed by atoms with van der Waals surface area (Å²) in [4.78, 5) is 19.2. The minimum atomic E-state index is 0.198. The van der Waals surface area contributed by atoms with Gasteiger partial charge in [0, 0.05) is 23.2 Å². The topological polar surface area (TPSA) is 50.5 Å². The number of para-hydroxylation sites is 2. The van der Waals surface area contributed by atoms with Crippen LogP contribution in [-0.2, 0) is 0 Å². The summed E-state index contributed by atoms with van der Waals surface area (Å²) in [6.45, 7) is 0. The second-order valence-electron chi connectivity index (χ2n) is 7.83. The molecular weight excluding hydrogens is 368 g/mol. The monoisotopic (exact) mass is 392 g/mol. The number of pyridine rings is 2. The van der Waals surface area contributed by atoms with Gasteiger partial charge < -0.3 is 0 Å². The minimum absolute atomic E-state index is 0.198. The number of rotatable bonds is 4. The number of aromatic nitrogens is 2. The molecule has 1 fully saturated rings. The van der Waals surface area contributed by atoms with Gasteiger partial charge in [-0.3, -0.25) is 9.98 Å². The number of benzene rings is 2. The molecule has 4 nitrogen and oxygen atoms in total. The quantitative estimate of drug-likeness (QED) is 0.423. The van der Waals surface area contributed by atoms with Crippen molar-refractivity contribution < 1.29 is 0 Å². The van der Waals surface area contributed by atoms with Gasteiger partial charge in [0.2, 0.25) is 0 Å². The Morgan fingerprint density at radius 1 is 0.600 bits per heavy atom. The van der Waals surface area contributed by atoms with Gasteiger partial charge in [0.1, 0.15) is 0 Å². The normalized spacial score (nSPS) is 19.9. The Balaban J connectivity index is 1.34. The predicted molar refractivity (Wildman–Crippen MR) is 125 cm³/mol. The Morgan fingerprint density at radius 3 is 1.57 bits per heavy atom. The zero-order valence-corrected chi connectivity index (χ0v) is 16.9. The summed E-state index contributed by atoms with van der Waals surface area (Å²) in [7, 11) is 0. The van der Waals surface area contributed by atoms with Gasteiger partial charge in [0.05, 0.1) is 34.5 Å². The fourth-order valence-corrected chi connectivity index (χ4v) is 4.09. The number of fused-ring (bicyclic) bond motifs is 2. The van der Waals surface area contributed by atoms with Gasteiger partial charge in [-0.15, -0.1) is 0 Å². The molecule has 30 heavy (non-hydrogen) atoms. The lowest BCUT2D eigenvalue weighted by atomic mass is 9.91. The van der Waals surface area contributed by atoms with Crippen LogP contribution in [-0.4, -0.2) is 34.5 Å². The van der Waals surface area contributed by atoms with Crippen molar-refractivity contribution in [2.75, 3.05) is 0 Å². The average molecular weight is 393 g/mol. The van der Waals surface area contributed by atoms with Crippen LogP contribution in [0.2, 0.25) is 0 Å². The van der Waals surface area contributed by atoms with Crippen LogP contribution in [0.4, 0.5) is 0 Å². The average Bonchev–Trinajstić information content (AvgIpc) is 2.81. The van der Waals surface area contributed by atoms with Gasteiger partial charge in [-0.25, -0.2) is 9.97 Å². The molecule has 0 radical (unpaired) electrons. The van der Waals surface area contributed by atoms with E-state index in [0.29, 0.717) is 0 Å². The number of hydrogen-bond acceptors (Lipinski definition) is 4. The largest absolute Gasteiger partial charge is 0.285 e. The molecule has 4 aromatic rings. The van der Waals surface area contributed by atoms with Crippen molar-refractivity contribution in [1.29, 1.82) is 0 Å². The van der Waals surface area contributed by atoms with Crippen LogP contribution < -0.4 is 0 Å². The maximum absolute atomic E-state index is 4.88. The third-order valence-corrected chi connectivity index (χ3v) is 5.73. The third kappa shape index (κ3) is 4.13. The van der Waals surface area contributed by atoms with Gasteiger partial charge in [-0.2, -0.15) is 0 Å². The molecule has 2 aromatic heterocycles. The molecule has 2 aromatic carbocycles. The van der Waals surface area contributed by atoms with Crippen molar-refractivity contribution in [3.05, 3.63) is 84.2 Å². The van der Waals surface area contributed by atoms with Crippen LogP contribution in [0.15, 0.2) is 82.8 Å². The lowest BCUT2D eigenvalue weighted by Gasteiger charge is -2.25. The molecule has 0 N–H and O–H groups in total. The molecule has 0 bridgehead atoms. The van der Waals surface area contributed by atoms with E-state index >= 15 is 0 Å². The summed E-state index contributed by atoms with van der Waals surface area (Å²) in [6.07, 6.45) is 8.37. The molecule has 148 valence electrons. The molecule has 0 amide bonds. The summed E-state index contributed by atoms with van der Waals surface area (Å²) in [5.74, 6) is 0. The first-order chi connectivity index (χ1) is 14.8. The van der Waals surface area contributed by atoms with Crippen LogP contribution >= 0.6 is 0 Å². The van der Waals surface area contributed by atoms with E-state index < -0.39 is 0 Å². The second kappa shape index (κ2) is 8.54. The Labute approximate surface area is 176 Å². The van der Waals surface area contributed by atoms with Crippen LogP contribution in [0.25, 0.3) is 21.8 Å². The van der Waals surface area contributed by atoms with E-state index in [1.807, 2.05) is 61.0 Å². The molecular formula is C26H24N4. The lowest BCUT2D eigenvalue weighted by Crippen LogP contribution is -2.27. The van der Waals surface area contributed by atoms with Crippen LogP contribution in [0.3, 0.4) is 0 Å². The molecule has 0 spiro atoms. The zero-order chi connectivity index (χ0) is 20.2. The molecule has 5 rings (SSSR count). The molecule has 2 atom stereocenters. The van der Waals surface area contributed by atoms with E-state index in [0.717, 1.165) is 46.0 Å². The van der Waals surface area contributed by atoms with Crippen molar-refractivity contribution in [2.45, 2.75) is 37.8 Å². The Bertz CT molecular complexity index is 1130. The van der Waals surface area contributed by atoms with Gasteiger partial charge in [0.25, 0.3) is 0 Å². The third-order valence-electron chi connectivity index (χ3n) is 5.73. The highest BCUT2D eigenvalue weighted by atomic mass is 14.9. The van der Waals surface area contributed by atoms with Gasteiger partial charge in [-0.05, 0) is 37.1 Å². The summed E-state index contributed by atoms with van der Waals surface area (Å²) < 4.78 is 0. The maximum atomic E-state index is 4.88. The maximum Gasteiger partial charge on any atom is 0.0815 e. The highest BCUT2D eigenvalue weighted by Gasteiger charge is 2.23. The fraction of sp³-hybridized carbons (Fsp3) is 0.231. The molecule has 2 heterocycles. The van der Waals surface area contributed by atoms with Crippen molar-refractivity contribution in [2.24, 2.45) is 9.98 Å². The SMILES string of the molecule is C(=N[C@H]1CCCC[C@H]1N=Cc1ccc2ccccc2n1)c1ccc2ccccc2n1. The minimum Gasteiger partial charge on any atom is -0.285 e. The number of aliphatic imine (C=N–C) groups is 2. The molecule has 1 aliphatic carbocycles. The van der Waals surface area contributed by atoms with E-state index in [2.05, 4.69) is 24.3 Å². The molecule has 1 aliphatic rings. The standard InChI is InChI=1S/C26H24N4/c1-3-9-23-19(7-1)13-15-21(29-23)17-27-25-11-5-6-12-26(25)28-18-22-16-14-20-8-2-4-10-24(20)30-22/h1-4,7-10,13-18,25-26H,5-6,11-12H2/t25-,26+. The van der Waals surface area contributed by atoms with Gasteiger partial charge >= 0.3 is 0 Å². The Kier molecular flexibility index (Phi) is 5.30. The van der Waals surface area contributed by atoms with Crippen LogP contribution in [0, 0.1) is 0 Å². The molecule has 0 unspecified atom stereocenters. The van der Waals surface area contributed by atoms with E-state index in [1.165, 1.54) is 12.8 Å². The molecule has 0 saturated heterocycles. The summed E-state index contributed by atoms with van der Waals surface area (Å²) in [5, 5.41) is 2.30. The van der Waals surface area contributed by atoms with E-state index in [9.17, 15) is 0 Å².